The molecule has 0 saturated heterocycles. The molecule has 1 fully saturated rings. The smallest absolute Gasteiger partial charge is 0.336 e. The van der Waals surface area contributed by atoms with Gasteiger partial charge in [0.15, 0.2) is 0 Å². The summed E-state index contributed by atoms with van der Waals surface area (Å²) in [6.45, 7) is 2.08. The van der Waals surface area contributed by atoms with E-state index in [2.05, 4.69) is 17.1 Å². The van der Waals surface area contributed by atoms with Gasteiger partial charge in [-0.3, -0.25) is 0 Å². The summed E-state index contributed by atoms with van der Waals surface area (Å²) in [4.78, 5) is 15.6. The highest BCUT2D eigenvalue weighted by molar-refractivity contribution is 6.00. The fraction of sp³-hybridized carbons (Fsp3) is 0.462. The van der Waals surface area contributed by atoms with Crippen molar-refractivity contribution >= 4 is 17.1 Å². The molecule has 2 aromatic heterocycles. The number of hydrogen-bond donors (Lipinski definition) is 1. The first-order valence-corrected chi connectivity index (χ1v) is 6.13. The normalized spacial score (nSPS) is 16.9. The lowest BCUT2D eigenvalue weighted by atomic mass is 9.98. The maximum atomic E-state index is 11.2. The quantitative estimate of drug-likeness (QED) is 0.897. The molecule has 1 atom stereocenters. The number of carboxylic acid groups (broad SMARTS) is 1. The summed E-state index contributed by atoms with van der Waals surface area (Å²) in [7, 11) is 0. The molecule has 3 rings (SSSR count). The highest BCUT2D eigenvalue weighted by Gasteiger charge is 2.26. The van der Waals surface area contributed by atoms with Crippen molar-refractivity contribution < 1.29 is 14.4 Å². The number of nitrogens with zero attached hydrogens (tertiary/aromatic N) is 2. The maximum Gasteiger partial charge on any atom is 0.336 e. The van der Waals surface area contributed by atoms with Gasteiger partial charge in [0.1, 0.15) is 0 Å². The zero-order valence-corrected chi connectivity index (χ0v) is 10.1. The highest BCUT2D eigenvalue weighted by Crippen LogP contribution is 2.38. The third-order valence-corrected chi connectivity index (χ3v) is 3.48. The second-order valence-electron chi connectivity index (χ2n) is 5.02. The topological polar surface area (TPSA) is 76.2 Å². The van der Waals surface area contributed by atoms with Crippen LogP contribution in [0.4, 0.5) is 0 Å². The van der Waals surface area contributed by atoms with Gasteiger partial charge in [0, 0.05) is 5.69 Å². The average molecular weight is 246 g/mol. The SMILES string of the molecule is CC(CC1CC1)c1cc(C(=O)O)c2cnoc2n1. The Morgan fingerprint density at radius 2 is 2.39 bits per heavy atom. The van der Waals surface area contributed by atoms with Gasteiger partial charge in [-0.1, -0.05) is 24.9 Å². The van der Waals surface area contributed by atoms with Crippen LogP contribution in [0.15, 0.2) is 16.8 Å². The van der Waals surface area contributed by atoms with Crippen molar-refractivity contribution in [1.29, 1.82) is 0 Å². The summed E-state index contributed by atoms with van der Waals surface area (Å²) in [6.07, 6.45) is 5.02. The van der Waals surface area contributed by atoms with Gasteiger partial charge >= 0.3 is 5.97 Å². The number of pyridine rings is 1. The van der Waals surface area contributed by atoms with Crippen LogP contribution in [-0.4, -0.2) is 21.2 Å². The molecule has 1 unspecified atom stereocenters. The lowest BCUT2D eigenvalue weighted by Gasteiger charge is -2.10. The zero-order valence-electron chi connectivity index (χ0n) is 10.1. The summed E-state index contributed by atoms with van der Waals surface area (Å²) >= 11 is 0. The van der Waals surface area contributed by atoms with Crippen LogP contribution in [0.25, 0.3) is 11.1 Å². The first-order chi connectivity index (χ1) is 8.65. The van der Waals surface area contributed by atoms with E-state index < -0.39 is 5.97 Å². The molecular formula is C13H14N2O3. The van der Waals surface area contributed by atoms with Crippen molar-refractivity contribution in [2.24, 2.45) is 5.92 Å². The highest BCUT2D eigenvalue weighted by atomic mass is 16.5. The van der Waals surface area contributed by atoms with Crippen molar-refractivity contribution in [2.45, 2.75) is 32.1 Å². The molecule has 2 aromatic rings. The van der Waals surface area contributed by atoms with Crippen LogP contribution in [0.1, 0.15) is 48.2 Å². The average Bonchev–Trinajstić information content (AvgIpc) is 3.02. The van der Waals surface area contributed by atoms with E-state index in [-0.39, 0.29) is 11.5 Å². The molecule has 0 aliphatic heterocycles. The molecule has 1 N–H and O–H groups in total. The minimum Gasteiger partial charge on any atom is -0.478 e. The van der Waals surface area contributed by atoms with Crippen molar-refractivity contribution in [2.75, 3.05) is 0 Å². The zero-order chi connectivity index (χ0) is 12.7. The van der Waals surface area contributed by atoms with E-state index in [0.29, 0.717) is 11.1 Å². The fourth-order valence-electron chi connectivity index (χ4n) is 2.28. The number of hydrogen-bond acceptors (Lipinski definition) is 4. The van der Waals surface area contributed by atoms with Crippen LogP contribution in [0, 0.1) is 5.92 Å². The first-order valence-electron chi connectivity index (χ1n) is 6.13. The lowest BCUT2D eigenvalue weighted by Crippen LogP contribution is -2.04. The Hall–Kier alpha value is -1.91. The van der Waals surface area contributed by atoms with Gasteiger partial charge in [0.05, 0.1) is 17.1 Å². The minimum absolute atomic E-state index is 0.221. The number of carbonyl (C=O) groups is 1. The monoisotopic (exact) mass is 246 g/mol. The van der Waals surface area contributed by atoms with E-state index in [4.69, 9.17) is 4.52 Å². The Morgan fingerprint density at radius 3 is 3.06 bits per heavy atom. The number of rotatable bonds is 4. The Balaban J connectivity index is 2.03. The molecule has 0 spiro atoms. The Labute approximate surface area is 104 Å². The van der Waals surface area contributed by atoms with E-state index in [1.165, 1.54) is 19.0 Å². The molecule has 94 valence electrons. The molecule has 18 heavy (non-hydrogen) atoms. The van der Waals surface area contributed by atoms with Gasteiger partial charge < -0.3 is 9.63 Å². The molecule has 1 aliphatic carbocycles. The summed E-state index contributed by atoms with van der Waals surface area (Å²) < 4.78 is 5.00. The standard InChI is InChI=1S/C13H14N2O3/c1-7(4-8-2-3-8)11-5-9(13(16)17)10-6-14-18-12(10)15-11/h5-8H,2-4H2,1H3,(H,16,17). The van der Waals surface area contributed by atoms with Crippen LogP contribution in [0.5, 0.6) is 0 Å². The van der Waals surface area contributed by atoms with Gasteiger partial charge in [0.25, 0.3) is 5.71 Å². The van der Waals surface area contributed by atoms with Crippen LogP contribution in [0.3, 0.4) is 0 Å². The molecule has 5 nitrogen and oxygen atoms in total. The summed E-state index contributed by atoms with van der Waals surface area (Å²) in [5, 5.41) is 13.3. The van der Waals surface area contributed by atoms with Crippen molar-refractivity contribution in [3.8, 4) is 0 Å². The van der Waals surface area contributed by atoms with E-state index >= 15 is 0 Å². The van der Waals surface area contributed by atoms with Crippen LogP contribution >= 0.6 is 0 Å². The number of aromatic nitrogens is 2. The summed E-state index contributed by atoms with van der Waals surface area (Å²) in [5.41, 5.74) is 1.31. The van der Waals surface area contributed by atoms with Crippen LogP contribution in [0.2, 0.25) is 0 Å². The molecule has 5 heteroatoms. The lowest BCUT2D eigenvalue weighted by molar-refractivity contribution is 0.0698. The van der Waals surface area contributed by atoms with E-state index in [1.54, 1.807) is 6.07 Å². The largest absolute Gasteiger partial charge is 0.478 e. The first kappa shape index (κ1) is 11.2. The van der Waals surface area contributed by atoms with Gasteiger partial charge in [0.2, 0.25) is 0 Å². The molecule has 1 saturated carbocycles. The third kappa shape index (κ3) is 1.96. The fourth-order valence-corrected chi connectivity index (χ4v) is 2.28. The molecule has 0 amide bonds. The minimum atomic E-state index is -0.967. The summed E-state index contributed by atoms with van der Waals surface area (Å²) in [5.74, 6) is 0.0658. The van der Waals surface area contributed by atoms with Crippen LogP contribution < -0.4 is 0 Å². The predicted molar refractivity (Wildman–Crippen MR) is 64.5 cm³/mol. The van der Waals surface area contributed by atoms with Crippen molar-refractivity contribution in [3.05, 3.63) is 23.5 Å². The van der Waals surface area contributed by atoms with E-state index in [0.717, 1.165) is 18.0 Å². The van der Waals surface area contributed by atoms with Gasteiger partial charge in [-0.25, -0.2) is 9.78 Å². The number of aromatic carboxylic acids is 1. The molecule has 0 aromatic carbocycles. The van der Waals surface area contributed by atoms with E-state index in [1.807, 2.05) is 0 Å². The molecule has 0 bridgehead atoms. The Bertz CT molecular complexity index is 601. The van der Waals surface area contributed by atoms with E-state index in [9.17, 15) is 9.90 Å². The third-order valence-electron chi connectivity index (χ3n) is 3.48. The second-order valence-corrected chi connectivity index (χ2v) is 5.02. The van der Waals surface area contributed by atoms with Gasteiger partial charge in [-0.2, -0.15) is 0 Å². The van der Waals surface area contributed by atoms with Crippen LogP contribution in [-0.2, 0) is 0 Å². The summed E-state index contributed by atoms with van der Waals surface area (Å²) in [6, 6.07) is 1.65. The molecule has 0 radical (unpaired) electrons. The predicted octanol–water partition coefficient (Wildman–Crippen LogP) is 2.82. The Kier molecular flexibility index (Phi) is 2.54. The molecule has 2 heterocycles. The Morgan fingerprint density at radius 1 is 1.61 bits per heavy atom. The van der Waals surface area contributed by atoms with Gasteiger partial charge in [-0.05, 0) is 24.3 Å². The second kappa shape index (κ2) is 4.08. The number of fused-ring (bicyclic) bond motifs is 1. The molecule has 1 aliphatic rings. The molecular weight excluding hydrogens is 232 g/mol. The van der Waals surface area contributed by atoms with Gasteiger partial charge in [-0.15, -0.1) is 0 Å². The maximum absolute atomic E-state index is 11.2. The van der Waals surface area contributed by atoms with Crippen molar-refractivity contribution in [1.82, 2.24) is 10.1 Å². The van der Waals surface area contributed by atoms with Crippen molar-refractivity contribution in [3.63, 3.8) is 0 Å². The number of carboxylic acids is 1.